The Balaban J connectivity index is 1.18. The lowest BCUT2D eigenvalue weighted by Crippen LogP contribution is -2.37. The number of rotatable bonds is 8. The summed E-state index contributed by atoms with van der Waals surface area (Å²) in [6, 6.07) is 7.82. The molecule has 2 aliphatic heterocycles. The minimum absolute atomic E-state index is 0.118. The number of ketones is 1. The molecule has 1 aliphatic carbocycles. The fourth-order valence-electron chi connectivity index (χ4n) is 4.45. The van der Waals surface area contributed by atoms with Gasteiger partial charge in [0.25, 0.3) is 0 Å². The molecule has 2 fully saturated rings. The third-order valence-electron chi connectivity index (χ3n) is 6.45. The van der Waals surface area contributed by atoms with Crippen LogP contribution in [0.25, 0.3) is 0 Å². The van der Waals surface area contributed by atoms with E-state index in [4.69, 9.17) is 14.2 Å². The molecule has 3 heterocycles. The molecule has 2 aromatic rings. The van der Waals surface area contributed by atoms with Crippen LogP contribution < -0.4 is 9.47 Å². The van der Waals surface area contributed by atoms with Crippen molar-refractivity contribution in [2.45, 2.75) is 39.3 Å². The molecule has 0 atom stereocenters. The Hall–Kier alpha value is -3.49. The van der Waals surface area contributed by atoms with Crippen molar-refractivity contribution in [3.8, 4) is 11.5 Å². The van der Waals surface area contributed by atoms with Gasteiger partial charge in [-0.2, -0.15) is 0 Å². The van der Waals surface area contributed by atoms with Crippen LogP contribution in [0.3, 0.4) is 0 Å². The zero-order valence-electron chi connectivity index (χ0n) is 18.8. The number of Topliss-reactive ketones (excluding diaryl/α,β-unsaturated/α-hetero) is 1. The zero-order chi connectivity index (χ0) is 23.1. The van der Waals surface area contributed by atoms with Gasteiger partial charge in [-0.05, 0) is 50.5 Å². The molecule has 9 nitrogen and oxygen atoms in total. The van der Waals surface area contributed by atoms with Crippen molar-refractivity contribution in [3.05, 3.63) is 46.8 Å². The smallest absolute Gasteiger partial charge is 0.326 e. The fourth-order valence-corrected chi connectivity index (χ4v) is 4.45. The van der Waals surface area contributed by atoms with Crippen molar-refractivity contribution >= 4 is 17.8 Å². The summed E-state index contributed by atoms with van der Waals surface area (Å²) in [6.07, 6.45) is 2.07. The van der Waals surface area contributed by atoms with Crippen molar-refractivity contribution < 1.29 is 28.6 Å². The maximum atomic E-state index is 12.8. The predicted octanol–water partition coefficient (Wildman–Crippen LogP) is 2.51. The van der Waals surface area contributed by atoms with Crippen molar-refractivity contribution in [2.24, 2.45) is 0 Å². The second-order valence-electron chi connectivity index (χ2n) is 8.77. The molecule has 1 aromatic heterocycles. The molecule has 1 saturated heterocycles. The van der Waals surface area contributed by atoms with Crippen molar-refractivity contribution in [1.82, 2.24) is 14.4 Å². The van der Waals surface area contributed by atoms with Gasteiger partial charge >= 0.3 is 12.0 Å². The number of fused-ring (bicyclic) bond motifs is 1. The van der Waals surface area contributed by atoms with Gasteiger partial charge in [-0.25, -0.2) is 4.79 Å². The maximum Gasteiger partial charge on any atom is 0.326 e. The van der Waals surface area contributed by atoms with E-state index in [1.807, 2.05) is 47.6 Å². The number of carbonyl (C=O) groups excluding carboxylic acids is 3. The van der Waals surface area contributed by atoms with Crippen LogP contribution in [0.4, 0.5) is 4.79 Å². The molecular formula is C24H27N3O6. The summed E-state index contributed by atoms with van der Waals surface area (Å²) in [5.74, 6) is 0.618. The highest BCUT2D eigenvalue weighted by molar-refractivity contribution is 5.99. The third-order valence-corrected chi connectivity index (χ3v) is 6.45. The minimum atomic E-state index is -0.566. The summed E-state index contributed by atoms with van der Waals surface area (Å²) in [5.41, 5.74) is 3.30. The second-order valence-corrected chi connectivity index (χ2v) is 8.77. The molecule has 0 N–H and O–H groups in total. The van der Waals surface area contributed by atoms with Crippen LogP contribution in [0.2, 0.25) is 0 Å². The van der Waals surface area contributed by atoms with Crippen LogP contribution >= 0.6 is 0 Å². The number of urea groups is 1. The van der Waals surface area contributed by atoms with Gasteiger partial charge in [0.1, 0.15) is 6.54 Å². The van der Waals surface area contributed by atoms with Gasteiger partial charge in [-0.3, -0.25) is 9.59 Å². The van der Waals surface area contributed by atoms with Gasteiger partial charge in [-0.1, -0.05) is 6.07 Å². The summed E-state index contributed by atoms with van der Waals surface area (Å²) >= 11 is 0. The Kier molecular flexibility index (Phi) is 5.47. The highest BCUT2D eigenvalue weighted by Gasteiger charge is 2.39. The Bertz CT molecular complexity index is 1120. The first-order chi connectivity index (χ1) is 15.9. The van der Waals surface area contributed by atoms with E-state index < -0.39 is 5.97 Å². The molecule has 33 heavy (non-hydrogen) atoms. The standard InChI is InChI=1S/C24H27N3O6/c1-15-9-19(16(2)27(15)11-17-3-6-21-22(10-17)33-14-32-21)20(28)13-31-23(29)12-25-7-8-26(24(25)30)18-4-5-18/h3,6,9-10,18H,4-5,7-8,11-14H2,1-2H3. The van der Waals surface area contributed by atoms with Gasteiger partial charge < -0.3 is 28.6 Å². The summed E-state index contributed by atoms with van der Waals surface area (Å²) in [6.45, 7) is 5.31. The molecule has 2 amide bonds. The Morgan fingerprint density at radius 3 is 2.67 bits per heavy atom. The lowest BCUT2D eigenvalue weighted by Gasteiger charge is -2.17. The van der Waals surface area contributed by atoms with Crippen molar-refractivity contribution in [3.63, 3.8) is 0 Å². The number of aryl methyl sites for hydroxylation is 1. The van der Waals surface area contributed by atoms with Gasteiger partial charge in [0.2, 0.25) is 12.6 Å². The number of benzene rings is 1. The molecule has 174 valence electrons. The Morgan fingerprint density at radius 2 is 1.88 bits per heavy atom. The summed E-state index contributed by atoms with van der Waals surface area (Å²) < 4.78 is 18.1. The molecule has 0 bridgehead atoms. The molecule has 1 saturated carbocycles. The minimum Gasteiger partial charge on any atom is -0.456 e. The number of amides is 2. The Labute approximate surface area is 191 Å². The van der Waals surface area contributed by atoms with E-state index in [0.29, 0.717) is 31.2 Å². The van der Waals surface area contributed by atoms with Crippen LogP contribution in [0, 0.1) is 13.8 Å². The molecule has 0 spiro atoms. The van der Waals surface area contributed by atoms with E-state index in [1.165, 1.54) is 4.90 Å². The van der Waals surface area contributed by atoms with E-state index in [2.05, 4.69) is 0 Å². The van der Waals surface area contributed by atoms with Crippen LogP contribution in [0.15, 0.2) is 24.3 Å². The van der Waals surface area contributed by atoms with Crippen molar-refractivity contribution in [1.29, 1.82) is 0 Å². The van der Waals surface area contributed by atoms with E-state index in [1.54, 1.807) is 0 Å². The first-order valence-corrected chi connectivity index (χ1v) is 11.2. The number of hydrogen-bond donors (Lipinski definition) is 0. The van der Waals surface area contributed by atoms with E-state index in [-0.39, 0.29) is 31.8 Å². The fraction of sp³-hybridized carbons (Fsp3) is 0.458. The monoisotopic (exact) mass is 453 g/mol. The highest BCUT2D eigenvalue weighted by atomic mass is 16.7. The van der Waals surface area contributed by atoms with E-state index in [9.17, 15) is 14.4 Å². The predicted molar refractivity (Wildman–Crippen MR) is 118 cm³/mol. The molecule has 1 aromatic carbocycles. The summed E-state index contributed by atoms with van der Waals surface area (Å²) in [7, 11) is 0. The SMILES string of the molecule is Cc1cc(C(=O)COC(=O)CN2CCN(C3CC3)C2=O)c(C)n1Cc1ccc2c(c1)OCO2. The number of esters is 1. The summed E-state index contributed by atoms with van der Waals surface area (Å²) in [5, 5.41) is 0. The normalized spacial score (nSPS) is 17.1. The number of aromatic nitrogens is 1. The van der Waals surface area contributed by atoms with Gasteiger partial charge in [0.05, 0.1) is 0 Å². The van der Waals surface area contributed by atoms with Crippen LogP contribution in [-0.2, 0) is 16.1 Å². The average molecular weight is 453 g/mol. The Morgan fingerprint density at radius 1 is 1.09 bits per heavy atom. The molecule has 0 radical (unpaired) electrons. The van der Waals surface area contributed by atoms with Crippen LogP contribution in [0.5, 0.6) is 11.5 Å². The quantitative estimate of drug-likeness (QED) is 0.451. The number of nitrogens with zero attached hydrogens (tertiary/aromatic N) is 3. The van der Waals surface area contributed by atoms with Crippen LogP contribution in [0.1, 0.15) is 40.2 Å². The molecule has 9 heteroatoms. The van der Waals surface area contributed by atoms with Crippen LogP contribution in [-0.4, -0.2) is 71.2 Å². The maximum absolute atomic E-state index is 12.8. The van der Waals surface area contributed by atoms with Crippen molar-refractivity contribution in [2.75, 3.05) is 33.0 Å². The first kappa shape index (κ1) is 21.4. The van der Waals surface area contributed by atoms with Gasteiger partial charge in [0, 0.05) is 42.6 Å². The zero-order valence-corrected chi connectivity index (χ0v) is 18.8. The molecular weight excluding hydrogens is 426 g/mol. The highest BCUT2D eigenvalue weighted by Crippen LogP contribution is 2.33. The lowest BCUT2D eigenvalue weighted by molar-refractivity contribution is -0.143. The van der Waals surface area contributed by atoms with E-state index in [0.717, 1.165) is 41.3 Å². The summed E-state index contributed by atoms with van der Waals surface area (Å²) in [4.78, 5) is 40.7. The topological polar surface area (TPSA) is 90.3 Å². The molecule has 5 rings (SSSR count). The molecule has 0 unspecified atom stereocenters. The van der Waals surface area contributed by atoms with Gasteiger partial charge in [-0.15, -0.1) is 0 Å². The number of hydrogen-bond acceptors (Lipinski definition) is 6. The number of carbonyl (C=O) groups is 3. The number of ether oxygens (including phenoxy) is 3. The van der Waals surface area contributed by atoms with E-state index >= 15 is 0 Å². The first-order valence-electron chi connectivity index (χ1n) is 11.2. The van der Waals surface area contributed by atoms with Gasteiger partial charge in [0.15, 0.2) is 18.1 Å². The lowest BCUT2D eigenvalue weighted by atomic mass is 10.1. The third kappa shape index (κ3) is 4.27. The average Bonchev–Trinajstić information content (AvgIpc) is 3.32. The second kappa shape index (κ2) is 8.46. The molecule has 3 aliphatic rings. The largest absolute Gasteiger partial charge is 0.456 e.